The standard InChI is InChI=1S/C22H19BrN2O2/c1-3-6-17-12-16(9-10-21(17)27-11-4-2)13-18(15-24)22(26)25-20-8-5-7-19(23)14-20/h3-5,7-10,12-14H,1-2,6,11H2,(H,25,26)/b18-13-. The summed E-state index contributed by atoms with van der Waals surface area (Å²) < 4.78 is 6.47. The topological polar surface area (TPSA) is 62.1 Å². The van der Waals surface area contributed by atoms with Gasteiger partial charge in [-0.25, -0.2) is 0 Å². The molecule has 0 aliphatic carbocycles. The highest BCUT2D eigenvalue weighted by atomic mass is 79.9. The summed E-state index contributed by atoms with van der Waals surface area (Å²) in [6.07, 6.45) is 5.61. The van der Waals surface area contributed by atoms with Gasteiger partial charge < -0.3 is 10.1 Å². The number of hydrogen-bond donors (Lipinski definition) is 1. The van der Waals surface area contributed by atoms with Gasteiger partial charge in [0.25, 0.3) is 5.91 Å². The lowest BCUT2D eigenvalue weighted by molar-refractivity contribution is -0.112. The molecule has 0 fully saturated rings. The number of allylic oxidation sites excluding steroid dienone is 1. The fourth-order valence-electron chi connectivity index (χ4n) is 2.37. The van der Waals surface area contributed by atoms with Crippen LogP contribution in [0.15, 0.2) is 77.8 Å². The number of carbonyl (C=O) groups excluding carboxylic acids is 1. The van der Waals surface area contributed by atoms with Gasteiger partial charge >= 0.3 is 0 Å². The second-order valence-electron chi connectivity index (χ2n) is 5.59. The zero-order valence-electron chi connectivity index (χ0n) is 14.7. The van der Waals surface area contributed by atoms with Crippen LogP contribution in [0.2, 0.25) is 0 Å². The number of nitrogens with zero attached hydrogens (tertiary/aromatic N) is 1. The number of rotatable bonds is 8. The smallest absolute Gasteiger partial charge is 0.266 e. The average Bonchev–Trinajstić information content (AvgIpc) is 2.65. The molecule has 4 nitrogen and oxygen atoms in total. The molecule has 5 heteroatoms. The number of halogens is 1. The Bertz CT molecular complexity index is 926. The number of anilines is 1. The molecule has 0 radical (unpaired) electrons. The highest BCUT2D eigenvalue weighted by Crippen LogP contribution is 2.23. The molecule has 27 heavy (non-hydrogen) atoms. The zero-order chi connectivity index (χ0) is 19.6. The molecule has 0 bridgehead atoms. The first-order valence-corrected chi connectivity index (χ1v) is 9.03. The molecule has 136 valence electrons. The molecule has 1 N–H and O–H groups in total. The molecular weight excluding hydrogens is 404 g/mol. The quantitative estimate of drug-likeness (QED) is 0.357. The predicted octanol–water partition coefficient (Wildman–Crippen LogP) is 5.29. The van der Waals surface area contributed by atoms with Crippen LogP contribution in [0.3, 0.4) is 0 Å². The number of ether oxygens (including phenoxy) is 1. The van der Waals surface area contributed by atoms with Gasteiger partial charge in [-0.2, -0.15) is 5.26 Å². The molecule has 0 atom stereocenters. The summed E-state index contributed by atoms with van der Waals surface area (Å²) in [6.45, 7) is 7.80. The zero-order valence-corrected chi connectivity index (χ0v) is 16.3. The van der Waals surface area contributed by atoms with Crippen LogP contribution in [0.1, 0.15) is 11.1 Å². The van der Waals surface area contributed by atoms with E-state index >= 15 is 0 Å². The monoisotopic (exact) mass is 422 g/mol. The van der Waals surface area contributed by atoms with Crippen molar-refractivity contribution in [1.82, 2.24) is 0 Å². The molecule has 2 rings (SSSR count). The van der Waals surface area contributed by atoms with Crippen molar-refractivity contribution in [3.05, 3.63) is 88.9 Å². The minimum absolute atomic E-state index is 0.0132. The Morgan fingerprint density at radius 2 is 2.04 bits per heavy atom. The summed E-state index contributed by atoms with van der Waals surface area (Å²) in [7, 11) is 0. The Morgan fingerprint density at radius 3 is 2.70 bits per heavy atom. The summed E-state index contributed by atoms with van der Waals surface area (Å²) >= 11 is 3.35. The maximum absolute atomic E-state index is 12.4. The molecule has 0 saturated carbocycles. The van der Waals surface area contributed by atoms with E-state index in [2.05, 4.69) is 34.4 Å². The lowest BCUT2D eigenvalue weighted by atomic mass is 10.0. The van der Waals surface area contributed by atoms with Crippen molar-refractivity contribution in [2.24, 2.45) is 0 Å². The van der Waals surface area contributed by atoms with Gasteiger partial charge in [-0.05, 0) is 54.0 Å². The second kappa shape index (κ2) is 10.1. The van der Waals surface area contributed by atoms with E-state index in [0.717, 1.165) is 21.3 Å². The minimum Gasteiger partial charge on any atom is -0.489 e. The maximum Gasteiger partial charge on any atom is 0.266 e. The van der Waals surface area contributed by atoms with Gasteiger partial charge in [0.15, 0.2) is 0 Å². The number of benzene rings is 2. The van der Waals surface area contributed by atoms with Gasteiger partial charge in [0.1, 0.15) is 24.0 Å². The number of amides is 1. The van der Waals surface area contributed by atoms with Gasteiger partial charge in [-0.1, -0.05) is 46.8 Å². The number of carbonyl (C=O) groups is 1. The van der Waals surface area contributed by atoms with E-state index in [1.165, 1.54) is 0 Å². The molecule has 0 saturated heterocycles. The van der Waals surface area contributed by atoms with Crippen LogP contribution in [-0.2, 0) is 11.2 Å². The summed E-state index contributed by atoms with van der Waals surface area (Å²) in [4.78, 5) is 12.4. The second-order valence-corrected chi connectivity index (χ2v) is 6.51. The highest BCUT2D eigenvalue weighted by Gasteiger charge is 2.11. The van der Waals surface area contributed by atoms with Crippen LogP contribution < -0.4 is 10.1 Å². The Morgan fingerprint density at radius 1 is 1.22 bits per heavy atom. The van der Waals surface area contributed by atoms with Crippen molar-refractivity contribution >= 4 is 33.6 Å². The van der Waals surface area contributed by atoms with Gasteiger partial charge in [0, 0.05) is 10.2 Å². The van der Waals surface area contributed by atoms with E-state index in [1.54, 1.807) is 42.5 Å². The van der Waals surface area contributed by atoms with Crippen LogP contribution in [0.4, 0.5) is 5.69 Å². The van der Waals surface area contributed by atoms with E-state index < -0.39 is 5.91 Å². The Balaban J connectivity index is 2.26. The van der Waals surface area contributed by atoms with Crippen molar-refractivity contribution < 1.29 is 9.53 Å². The molecule has 0 aliphatic rings. The third-order valence-electron chi connectivity index (χ3n) is 3.56. The summed E-state index contributed by atoms with van der Waals surface area (Å²) in [6, 6.07) is 14.6. The molecule has 0 aromatic heterocycles. The van der Waals surface area contributed by atoms with Gasteiger partial charge in [-0.3, -0.25) is 4.79 Å². The molecule has 1 amide bonds. The summed E-state index contributed by atoms with van der Waals surface area (Å²) in [5.74, 6) is 0.261. The molecule has 0 spiro atoms. The van der Waals surface area contributed by atoms with Crippen LogP contribution in [0.5, 0.6) is 5.75 Å². The van der Waals surface area contributed by atoms with E-state index in [1.807, 2.05) is 24.3 Å². The number of nitriles is 1. The third-order valence-corrected chi connectivity index (χ3v) is 4.06. The van der Waals surface area contributed by atoms with E-state index in [-0.39, 0.29) is 5.57 Å². The molecule has 2 aromatic carbocycles. The highest BCUT2D eigenvalue weighted by molar-refractivity contribution is 9.10. The summed E-state index contributed by atoms with van der Waals surface area (Å²) in [5.41, 5.74) is 2.28. The minimum atomic E-state index is -0.465. The average molecular weight is 423 g/mol. The van der Waals surface area contributed by atoms with Crippen LogP contribution in [0.25, 0.3) is 6.08 Å². The number of nitrogens with one attached hydrogen (secondary N) is 1. The fourth-order valence-corrected chi connectivity index (χ4v) is 2.77. The Kier molecular flexibility index (Phi) is 7.60. The summed E-state index contributed by atoms with van der Waals surface area (Å²) in [5, 5.41) is 12.1. The van der Waals surface area contributed by atoms with Crippen molar-refractivity contribution in [3.63, 3.8) is 0 Å². The van der Waals surface area contributed by atoms with Crippen molar-refractivity contribution in [1.29, 1.82) is 5.26 Å². The van der Waals surface area contributed by atoms with Gasteiger partial charge in [0.2, 0.25) is 0 Å². The van der Waals surface area contributed by atoms with E-state index in [9.17, 15) is 10.1 Å². The SMILES string of the molecule is C=CCOc1ccc(/C=C(/C#N)C(=O)Nc2cccc(Br)c2)cc1CC=C. The van der Waals surface area contributed by atoms with E-state index in [4.69, 9.17) is 4.74 Å². The first kappa shape index (κ1) is 20.2. The Hall–Kier alpha value is -3.10. The van der Waals surface area contributed by atoms with Crippen LogP contribution in [0, 0.1) is 11.3 Å². The molecule has 0 heterocycles. The molecule has 0 aliphatic heterocycles. The molecule has 2 aromatic rings. The Labute approximate surface area is 167 Å². The first-order valence-electron chi connectivity index (χ1n) is 8.23. The largest absolute Gasteiger partial charge is 0.489 e. The molecule has 0 unspecified atom stereocenters. The number of hydrogen-bond acceptors (Lipinski definition) is 3. The van der Waals surface area contributed by atoms with Crippen molar-refractivity contribution in [2.75, 3.05) is 11.9 Å². The first-order chi connectivity index (χ1) is 13.1. The lowest BCUT2D eigenvalue weighted by Gasteiger charge is -2.10. The normalized spacial score (nSPS) is 10.6. The van der Waals surface area contributed by atoms with Crippen molar-refractivity contribution in [3.8, 4) is 11.8 Å². The maximum atomic E-state index is 12.4. The van der Waals surface area contributed by atoms with Gasteiger partial charge in [0.05, 0.1) is 0 Å². The van der Waals surface area contributed by atoms with Crippen molar-refractivity contribution in [2.45, 2.75) is 6.42 Å². The lowest BCUT2D eigenvalue weighted by Crippen LogP contribution is -2.13. The molecular formula is C22H19BrN2O2. The predicted molar refractivity (Wildman–Crippen MR) is 112 cm³/mol. The third kappa shape index (κ3) is 5.98. The fraction of sp³-hybridized carbons (Fsp3) is 0.0909. The van der Waals surface area contributed by atoms with Gasteiger partial charge in [-0.15, -0.1) is 6.58 Å². The van der Waals surface area contributed by atoms with Crippen LogP contribution in [-0.4, -0.2) is 12.5 Å². The van der Waals surface area contributed by atoms with E-state index in [0.29, 0.717) is 18.7 Å². The van der Waals surface area contributed by atoms with Crippen LogP contribution >= 0.6 is 15.9 Å².